The molecule has 0 spiro atoms. The Morgan fingerprint density at radius 1 is 0.971 bits per heavy atom. The molecule has 0 fully saturated rings. The molecule has 0 aliphatic heterocycles. The summed E-state index contributed by atoms with van der Waals surface area (Å²) < 4.78 is 11.2. The van der Waals surface area contributed by atoms with Gasteiger partial charge in [-0.1, -0.05) is 37.5 Å². The van der Waals surface area contributed by atoms with Gasteiger partial charge >= 0.3 is 12.2 Å². The first kappa shape index (κ1) is 29.6. The fourth-order valence-corrected chi connectivity index (χ4v) is 3.34. The predicted octanol–water partition coefficient (Wildman–Crippen LogP) is 7.88. The number of carbonyl (C=O) groups excluding carboxylic acids is 2. The van der Waals surface area contributed by atoms with Crippen molar-refractivity contribution in [2.24, 2.45) is 0 Å². The lowest BCUT2D eigenvalue weighted by atomic mass is 10.1. The average Bonchev–Trinajstić information content (AvgIpc) is 2.67. The van der Waals surface area contributed by atoms with Gasteiger partial charge in [0.2, 0.25) is 0 Å². The van der Waals surface area contributed by atoms with Crippen LogP contribution in [0.1, 0.15) is 85.6 Å². The van der Waals surface area contributed by atoms with Crippen molar-refractivity contribution in [1.29, 1.82) is 0 Å². The van der Waals surface area contributed by atoms with Gasteiger partial charge in [-0.25, -0.2) is 14.5 Å². The zero-order valence-electron chi connectivity index (χ0n) is 21.1. The summed E-state index contributed by atoms with van der Waals surface area (Å²) in [5, 5.41) is 11.0. The molecule has 0 bridgehead atoms. The Morgan fingerprint density at radius 2 is 1.50 bits per heavy atom. The smallest absolute Gasteiger partial charge is 0.419 e. The van der Waals surface area contributed by atoms with Crippen molar-refractivity contribution in [3.8, 4) is 0 Å². The molecule has 1 aromatic carbocycles. The number of amides is 2. The minimum atomic E-state index is -0.702. The molecule has 1 aromatic rings. The molecular weight excluding hydrogens is 504 g/mol. The van der Waals surface area contributed by atoms with E-state index >= 15 is 0 Å². The molecule has 0 saturated heterocycles. The topological polar surface area (TPSA) is 99.0 Å². The molecule has 0 N–H and O–H groups in total. The predicted molar refractivity (Wildman–Crippen MR) is 137 cm³/mol. The van der Waals surface area contributed by atoms with Gasteiger partial charge in [-0.3, -0.25) is 10.1 Å². The highest BCUT2D eigenvalue weighted by Gasteiger charge is 2.30. The van der Waals surface area contributed by atoms with Crippen molar-refractivity contribution >= 4 is 39.9 Å². The second-order valence-corrected chi connectivity index (χ2v) is 10.9. The van der Waals surface area contributed by atoms with Gasteiger partial charge in [0, 0.05) is 12.6 Å². The van der Waals surface area contributed by atoms with Crippen molar-refractivity contribution in [2.45, 2.75) is 91.3 Å². The summed E-state index contributed by atoms with van der Waals surface area (Å²) in [6.45, 7) is 10.8. The Kier molecular flexibility index (Phi) is 11.7. The summed E-state index contributed by atoms with van der Waals surface area (Å²) in [5.41, 5.74) is -0.564. The highest BCUT2D eigenvalue weighted by Crippen LogP contribution is 2.26. The molecule has 0 heterocycles. The van der Waals surface area contributed by atoms with Gasteiger partial charge in [-0.15, -0.1) is 0 Å². The van der Waals surface area contributed by atoms with E-state index in [4.69, 9.17) is 9.47 Å². The highest BCUT2D eigenvalue weighted by atomic mass is 79.9. The number of nitrogens with zero attached hydrogens (tertiary/aromatic N) is 2. The first-order valence-corrected chi connectivity index (χ1v) is 12.3. The summed E-state index contributed by atoms with van der Waals surface area (Å²) in [4.78, 5) is 36.6. The largest absolute Gasteiger partial charge is 0.443 e. The van der Waals surface area contributed by atoms with Crippen LogP contribution in [0.5, 0.6) is 0 Å². The van der Waals surface area contributed by atoms with Gasteiger partial charge in [0.25, 0.3) is 5.69 Å². The Morgan fingerprint density at radius 3 is 2.03 bits per heavy atom. The maximum Gasteiger partial charge on any atom is 0.419 e. The van der Waals surface area contributed by atoms with Crippen LogP contribution >= 0.6 is 15.9 Å². The summed E-state index contributed by atoms with van der Waals surface area (Å²) in [7, 11) is 0. The number of rotatable bonds is 10. The zero-order valence-corrected chi connectivity index (χ0v) is 22.6. The number of unbranched alkanes of at least 4 members (excludes halogenated alkanes) is 5. The van der Waals surface area contributed by atoms with Crippen LogP contribution in [0.25, 0.3) is 6.08 Å². The van der Waals surface area contributed by atoms with Crippen LogP contribution in [0.15, 0.2) is 28.7 Å². The number of hydrogen-bond donors (Lipinski definition) is 0. The Bertz CT molecular complexity index is 843. The average molecular weight is 541 g/mol. The van der Waals surface area contributed by atoms with Gasteiger partial charge in [0.05, 0.1) is 9.40 Å². The lowest BCUT2D eigenvalue weighted by molar-refractivity contribution is -0.385. The van der Waals surface area contributed by atoms with E-state index in [9.17, 15) is 19.7 Å². The Balaban J connectivity index is 2.42. The van der Waals surface area contributed by atoms with Crippen molar-refractivity contribution < 1.29 is 24.0 Å². The van der Waals surface area contributed by atoms with E-state index in [2.05, 4.69) is 15.9 Å². The van der Waals surface area contributed by atoms with Gasteiger partial charge in [-0.05, 0) is 88.4 Å². The third-order valence-corrected chi connectivity index (χ3v) is 5.13. The fourth-order valence-electron chi connectivity index (χ4n) is 2.95. The second kappa shape index (κ2) is 13.5. The van der Waals surface area contributed by atoms with E-state index in [1.165, 1.54) is 0 Å². The van der Waals surface area contributed by atoms with E-state index in [0.717, 1.165) is 42.6 Å². The third kappa shape index (κ3) is 12.2. The number of imide groups is 1. The van der Waals surface area contributed by atoms with Crippen LogP contribution in [0.4, 0.5) is 15.3 Å². The number of benzene rings is 1. The maximum atomic E-state index is 12.5. The van der Waals surface area contributed by atoms with E-state index in [-0.39, 0.29) is 12.2 Å². The SMILES string of the molecule is CC(C)(C)OC(=O)N(CCCCCCCC=Cc1ccc(Br)c([N+](=O)[O-])c1)C(=O)OC(C)(C)C. The molecule has 8 nitrogen and oxygen atoms in total. The Hall–Kier alpha value is -2.42. The summed E-state index contributed by atoms with van der Waals surface area (Å²) in [6, 6.07) is 5.05. The Labute approximate surface area is 211 Å². The highest BCUT2D eigenvalue weighted by molar-refractivity contribution is 9.10. The van der Waals surface area contributed by atoms with Crippen LogP contribution < -0.4 is 0 Å². The summed E-state index contributed by atoms with van der Waals surface area (Å²) in [6.07, 6.45) is 7.86. The molecule has 190 valence electrons. The molecule has 0 aliphatic carbocycles. The van der Waals surface area contributed by atoms with Crippen LogP contribution in [-0.2, 0) is 9.47 Å². The number of nitro benzene ring substituents is 1. The molecule has 0 unspecified atom stereocenters. The lowest BCUT2D eigenvalue weighted by Gasteiger charge is -2.28. The maximum absolute atomic E-state index is 12.5. The standard InChI is InChI=1S/C25H37BrN2O6/c1-24(2,3)33-22(29)27(23(30)34-25(4,5)6)17-13-11-9-7-8-10-12-14-19-15-16-20(26)21(18-19)28(31)32/h12,14-16,18H,7-11,13,17H2,1-6H3. The number of ether oxygens (including phenoxy) is 2. The monoisotopic (exact) mass is 540 g/mol. The normalized spacial score (nSPS) is 12.0. The van der Waals surface area contributed by atoms with E-state index < -0.39 is 28.3 Å². The molecular formula is C25H37BrN2O6. The van der Waals surface area contributed by atoms with E-state index in [1.807, 2.05) is 18.2 Å². The second-order valence-electron chi connectivity index (χ2n) is 10.0. The quantitative estimate of drug-likeness (QED) is 0.170. The number of hydrogen-bond acceptors (Lipinski definition) is 6. The molecule has 0 radical (unpaired) electrons. The molecule has 0 atom stereocenters. The first-order valence-electron chi connectivity index (χ1n) is 11.5. The number of allylic oxidation sites excluding steroid dienone is 1. The number of nitro groups is 1. The molecule has 0 aromatic heterocycles. The van der Waals surface area contributed by atoms with Gasteiger partial charge in [0.1, 0.15) is 11.2 Å². The van der Waals surface area contributed by atoms with E-state index in [1.54, 1.807) is 53.7 Å². The summed E-state index contributed by atoms with van der Waals surface area (Å²) >= 11 is 3.18. The molecule has 34 heavy (non-hydrogen) atoms. The van der Waals surface area contributed by atoms with Crippen molar-refractivity contribution in [3.05, 3.63) is 44.4 Å². The van der Waals surface area contributed by atoms with Crippen molar-refractivity contribution in [1.82, 2.24) is 4.90 Å². The molecule has 1 rings (SSSR count). The van der Waals surface area contributed by atoms with Crippen molar-refractivity contribution in [3.63, 3.8) is 0 Å². The van der Waals surface area contributed by atoms with Crippen molar-refractivity contribution in [2.75, 3.05) is 6.54 Å². The molecule has 0 saturated carbocycles. The number of carbonyl (C=O) groups is 2. The van der Waals surface area contributed by atoms with Crippen LogP contribution in [-0.4, -0.2) is 39.8 Å². The van der Waals surface area contributed by atoms with Crippen LogP contribution in [0, 0.1) is 10.1 Å². The molecule has 2 amide bonds. The minimum Gasteiger partial charge on any atom is -0.443 e. The first-order chi connectivity index (χ1) is 15.7. The van der Waals surface area contributed by atoms with Crippen LogP contribution in [0.3, 0.4) is 0 Å². The van der Waals surface area contributed by atoms with Gasteiger partial charge < -0.3 is 9.47 Å². The molecule has 9 heteroatoms. The minimum absolute atomic E-state index is 0.0500. The van der Waals surface area contributed by atoms with Crippen LogP contribution in [0.2, 0.25) is 0 Å². The van der Waals surface area contributed by atoms with Gasteiger partial charge in [-0.2, -0.15) is 0 Å². The third-order valence-electron chi connectivity index (χ3n) is 4.46. The zero-order chi connectivity index (χ0) is 25.9. The fraction of sp³-hybridized carbons (Fsp3) is 0.600. The summed E-state index contributed by atoms with van der Waals surface area (Å²) in [5.74, 6) is 0. The molecule has 0 aliphatic rings. The van der Waals surface area contributed by atoms with E-state index in [0.29, 0.717) is 10.9 Å². The lowest BCUT2D eigenvalue weighted by Crippen LogP contribution is -2.44. The van der Waals surface area contributed by atoms with Gasteiger partial charge in [0.15, 0.2) is 0 Å². The number of halogens is 1.